The van der Waals surface area contributed by atoms with Gasteiger partial charge in [0, 0.05) is 37.8 Å². The van der Waals surface area contributed by atoms with Crippen LogP contribution in [-0.2, 0) is 11.3 Å². The summed E-state index contributed by atoms with van der Waals surface area (Å²) in [7, 11) is 1.99. The van der Waals surface area contributed by atoms with Crippen LogP contribution in [0.15, 0.2) is 18.2 Å². The van der Waals surface area contributed by atoms with Gasteiger partial charge in [-0.2, -0.15) is 0 Å². The van der Waals surface area contributed by atoms with Crippen molar-refractivity contribution in [3.63, 3.8) is 0 Å². The Hall–Kier alpha value is -1.30. The summed E-state index contributed by atoms with van der Waals surface area (Å²) in [6, 6.07) is 4.69. The van der Waals surface area contributed by atoms with Crippen LogP contribution in [0, 0.1) is 0 Å². The zero-order chi connectivity index (χ0) is 13.0. The van der Waals surface area contributed by atoms with Gasteiger partial charge in [-0.05, 0) is 13.1 Å². The maximum absolute atomic E-state index is 9.72. The first-order valence-electron chi connectivity index (χ1n) is 6.17. The first-order valence-corrected chi connectivity index (χ1v) is 6.17. The van der Waals surface area contributed by atoms with Gasteiger partial charge in [0.15, 0.2) is 0 Å². The topological polar surface area (TPSA) is 65.0 Å². The van der Waals surface area contributed by atoms with E-state index in [1.807, 2.05) is 7.05 Å². The zero-order valence-corrected chi connectivity index (χ0v) is 10.6. The average Bonchev–Trinajstić information content (AvgIpc) is 2.34. The van der Waals surface area contributed by atoms with Gasteiger partial charge in [0.2, 0.25) is 0 Å². The van der Waals surface area contributed by atoms with Crippen molar-refractivity contribution >= 4 is 0 Å². The van der Waals surface area contributed by atoms with Gasteiger partial charge in [-0.15, -0.1) is 0 Å². The Morgan fingerprint density at radius 2 is 2.28 bits per heavy atom. The summed E-state index contributed by atoms with van der Waals surface area (Å²) in [6.45, 7) is 3.98. The van der Waals surface area contributed by atoms with E-state index in [1.54, 1.807) is 12.1 Å². The Morgan fingerprint density at radius 1 is 1.44 bits per heavy atom. The van der Waals surface area contributed by atoms with E-state index in [1.165, 1.54) is 6.07 Å². The summed E-state index contributed by atoms with van der Waals surface area (Å²) in [4.78, 5) is 2.10. The molecule has 1 heterocycles. The van der Waals surface area contributed by atoms with Crippen molar-refractivity contribution in [2.45, 2.75) is 12.6 Å². The lowest BCUT2D eigenvalue weighted by atomic mass is 10.1. The Balaban J connectivity index is 1.87. The summed E-state index contributed by atoms with van der Waals surface area (Å²) in [5.41, 5.74) is 0.805. The Kier molecular flexibility index (Phi) is 4.41. The number of likely N-dealkylation sites (N-methyl/N-ethyl adjacent to an activating group) is 1. The second-order valence-corrected chi connectivity index (χ2v) is 4.71. The lowest BCUT2D eigenvalue weighted by molar-refractivity contribution is 0.00875. The summed E-state index contributed by atoms with van der Waals surface area (Å²) in [5.74, 6) is 0.211. The fraction of sp³-hybridized carbons (Fsp3) is 0.538. The molecule has 5 nitrogen and oxygen atoms in total. The van der Waals surface area contributed by atoms with Crippen LogP contribution in [0.1, 0.15) is 5.56 Å². The molecular formula is C13H20N2O3. The van der Waals surface area contributed by atoms with Crippen LogP contribution < -0.4 is 5.32 Å². The molecule has 1 unspecified atom stereocenters. The van der Waals surface area contributed by atoms with Crippen LogP contribution in [0.5, 0.6) is 11.5 Å². The van der Waals surface area contributed by atoms with Gasteiger partial charge in [-0.3, -0.25) is 4.90 Å². The molecule has 0 saturated carbocycles. The molecule has 18 heavy (non-hydrogen) atoms. The lowest BCUT2D eigenvalue weighted by Crippen LogP contribution is -2.44. The van der Waals surface area contributed by atoms with Crippen molar-refractivity contribution in [2.75, 3.05) is 33.3 Å². The first kappa shape index (κ1) is 13.1. The number of nitrogens with zero attached hydrogens (tertiary/aromatic N) is 1. The molecule has 0 amide bonds. The predicted molar refractivity (Wildman–Crippen MR) is 68.7 cm³/mol. The van der Waals surface area contributed by atoms with Crippen LogP contribution in [0.4, 0.5) is 0 Å². The standard InChI is InChI=1S/C13H20N2O3/c1-15(9-12-7-14-4-5-18-12)8-10-2-3-11(16)6-13(10)17/h2-3,6,12,14,16-17H,4-5,7-9H2,1H3. The maximum atomic E-state index is 9.72. The van der Waals surface area contributed by atoms with E-state index in [4.69, 9.17) is 4.74 Å². The van der Waals surface area contributed by atoms with Crippen LogP contribution in [0.25, 0.3) is 0 Å². The van der Waals surface area contributed by atoms with E-state index in [9.17, 15) is 10.2 Å². The largest absolute Gasteiger partial charge is 0.508 e. The van der Waals surface area contributed by atoms with E-state index in [2.05, 4.69) is 10.2 Å². The highest BCUT2D eigenvalue weighted by atomic mass is 16.5. The molecule has 3 N–H and O–H groups in total. The highest BCUT2D eigenvalue weighted by molar-refractivity contribution is 5.38. The van der Waals surface area contributed by atoms with E-state index in [0.717, 1.165) is 31.8 Å². The van der Waals surface area contributed by atoms with Crippen LogP contribution >= 0.6 is 0 Å². The molecule has 1 atom stereocenters. The second-order valence-electron chi connectivity index (χ2n) is 4.71. The zero-order valence-electron chi connectivity index (χ0n) is 10.6. The number of rotatable bonds is 4. The van der Waals surface area contributed by atoms with Crippen LogP contribution in [-0.4, -0.2) is 54.5 Å². The van der Waals surface area contributed by atoms with Crippen molar-refractivity contribution in [3.05, 3.63) is 23.8 Å². The van der Waals surface area contributed by atoms with Gasteiger partial charge >= 0.3 is 0 Å². The summed E-state index contributed by atoms with van der Waals surface area (Å²) in [6.07, 6.45) is 0.197. The van der Waals surface area contributed by atoms with E-state index >= 15 is 0 Å². The highest BCUT2D eigenvalue weighted by Gasteiger charge is 2.16. The van der Waals surface area contributed by atoms with Gasteiger partial charge in [-0.1, -0.05) is 6.07 Å². The smallest absolute Gasteiger partial charge is 0.123 e. The highest BCUT2D eigenvalue weighted by Crippen LogP contribution is 2.23. The molecule has 5 heteroatoms. The minimum Gasteiger partial charge on any atom is -0.508 e. The molecule has 0 aromatic heterocycles. The number of nitrogens with one attached hydrogen (secondary N) is 1. The molecule has 1 aliphatic rings. The van der Waals surface area contributed by atoms with E-state index < -0.39 is 0 Å². The molecule has 0 aliphatic carbocycles. The number of benzene rings is 1. The maximum Gasteiger partial charge on any atom is 0.123 e. The molecule has 1 fully saturated rings. The number of phenols is 2. The molecule has 0 spiro atoms. The van der Waals surface area contributed by atoms with Crippen molar-refractivity contribution < 1.29 is 14.9 Å². The normalized spacial score (nSPS) is 20.2. The quantitative estimate of drug-likeness (QED) is 0.729. The molecule has 0 radical (unpaired) electrons. The Morgan fingerprint density at radius 3 is 2.94 bits per heavy atom. The number of hydrogen-bond acceptors (Lipinski definition) is 5. The molecule has 1 aliphatic heterocycles. The van der Waals surface area contributed by atoms with Gasteiger partial charge in [0.1, 0.15) is 11.5 Å². The predicted octanol–water partition coefficient (Wildman–Crippen LogP) is 0.518. The van der Waals surface area contributed by atoms with Gasteiger partial charge in [-0.25, -0.2) is 0 Å². The minimum absolute atomic E-state index is 0.0821. The molecule has 100 valence electrons. The number of hydrogen-bond donors (Lipinski definition) is 3. The lowest BCUT2D eigenvalue weighted by Gasteiger charge is -2.28. The Labute approximate surface area is 107 Å². The van der Waals surface area contributed by atoms with Crippen LogP contribution in [0.2, 0.25) is 0 Å². The van der Waals surface area contributed by atoms with Crippen molar-refractivity contribution in [2.24, 2.45) is 0 Å². The molecule has 1 aromatic rings. The summed E-state index contributed by atoms with van der Waals surface area (Å²) in [5, 5.41) is 22.2. The van der Waals surface area contributed by atoms with E-state index in [0.29, 0.717) is 6.54 Å². The van der Waals surface area contributed by atoms with Gasteiger partial charge < -0.3 is 20.3 Å². The summed E-state index contributed by atoms with van der Waals surface area (Å²) >= 11 is 0. The molecule has 2 rings (SSSR count). The summed E-state index contributed by atoms with van der Waals surface area (Å²) < 4.78 is 5.63. The fourth-order valence-electron chi connectivity index (χ4n) is 2.13. The number of morpholine rings is 1. The molecule has 1 saturated heterocycles. The number of phenolic OH excluding ortho intramolecular Hbond substituents is 2. The van der Waals surface area contributed by atoms with Gasteiger partial charge in [0.05, 0.1) is 12.7 Å². The number of aromatic hydroxyl groups is 2. The average molecular weight is 252 g/mol. The number of ether oxygens (including phenoxy) is 1. The third-order valence-corrected chi connectivity index (χ3v) is 3.03. The molecule has 0 bridgehead atoms. The minimum atomic E-state index is 0.0821. The SMILES string of the molecule is CN(Cc1ccc(O)cc1O)CC1CNCCO1. The first-order chi connectivity index (χ1) is 8.65. The third-order valence-electron chi connectivity index (χ3n) is 3.03. The monoisotopic (exact) mass is 252 g/mol. The Bertz CT molecular complexity index is 392. The van der Waals surface area contributed by atoms with Crippen molar-refractivity contribution in [1.29, 1.82) is 0 Å². The van der Waals surface area contributed by atoms with Gasteiger partial charge in [0.25, 0.3) is 0 Å². The van der Waals surface area contributed by atoms with Crippen molar-refractivity contribution in [3.8, 4) is 11.5 Å². The fourth-order valence-corrected chi connectivity index (χ4v) is 2.13. The van der Waals surface area contributed by atoms with E-state index in [-0.39, 0.29) is 17.6 Å². The van der Waals surface area contributed by atoms with Crippen molar-refractivity contribution in [1.82, 2.24) is 10.2 Å². The molecular weight excluding hydrogens is 232 g/mol. The third kappa shape index (κ3) is 3.60. The second kappa shape index (κ2) is 6.04. The van der Waals surface area contributed by atoms with Crippen LogP contribution in [0.3, 0.4) is 0 Å². The molecule has 1 aromatic carbocycles.